The number of hydrogen-bond acceptors (Lipinski definition) is 5. The summed E-state index contributed by atoms with van der Waals surface area (Å²) in [6.07, 6.45) is 4.54. The van der Waals surface area contributed by atoms with Gasteiger partial charge in [0.05, 0.1) is 18.9 Å². The maximum absolute atomic E-state index is 13.6. The molecule has 2 bridgehead atoms. The van der Waals surface area contributed by atoms with E-state index in [0.717, 1.165) is 25.5 Å². The fraction of sp³-hybridized carbons (Fsp3) is 0.650. The number of hydrogen-bond donors (Lipinski definition) is 0. The fourth-order valence-electron chi connectivity index (χ4n) is 4.19. The summed E-state index contributed by atoms with van der Waals surface area (Å²) in [6.45, 7) is 5.54. The Balaban J connectivity index is 1.79. The molecule has 2 unspecified atom stereocenters. The molecule has 2 atom stereocenters. The van der Waals surface area contributed by atoms with Crippen LogP contribution < -0.4 is 4.74 Å². The van der Waals surface area contributed by atoms with Crippen LogP contribution in [-0.2, 0) is 4.74 Å². The molecule has 0 saturated carbocycles. The van der Waals surface area contributed by atoms with Gasteiger partial charge in [-0.3, -0.25) is 4.79 Å². The predicted octanol–water partition coefficient (Wildman–Crippen LogP) is 3.98. The highest BCUT2D eigenvalue weighted by molar-refractivity contribution is 6.00. The van der Waals surface area contributed by atoms with Gasteiger partial charge in [-0.1, -0.05) is 0 Å². The number of fused-ring (bicyclic) bond motifs is 2. The number of nitrogens with zero attached hydrogens (tertiary/aromatic N) is 2. The summed E-state index contributed by atoms with van der Waals surface area (Å²) in [5.74, 6) is -0.872. The minimum Gasteiger partial charge on any atom is -0.480 e. The average Bonchev–Trinajstić information content (AvgIpc) is 2.58. The Labute approximate surface area is 159 Å². The zero-order chi connectivity index (χ0) is 19.8. The highest BCUT2D eigenvalue weighted by atomic mass is 19.1. The minimum absolute atomic E-state index is 0.0335. The second-order valence-corrected chi connectivity index (χ2v) is 8.37. The van der Waals surface area contributed by atoms with Gasteiger partial charge in [0, 0.05) is 18.0 Å². The lowest BCUT2D eigenvalue weighted by atomic mass is 9.76. The summed E-state index contributed by atoms with van der Waals surface area (Å²) in [5, 5.41) is 0. The van der Waals surface area contributed by atoms with Crippen LogP contribution in [0.2, 0.25) is 0 Å². The third kappa shape index (κ3) is 4.22. The average molecular weight is 378 g/mol. The van der Waals surface area contributed by atoms with E-state index in [1.54, 1.807) is 0 Å². The zero-order valence-electron chi connectivity index (χ0n) is 16.3. The highest BCUT2D eigenvalue weighted by Gasteiger charge is 2.44. The molecule has 2 saturated heterocycles. The third-order valence-electron chi connectivity index (χ3n) is 5.23. The van der Waals surface area contributed by atoms with Gasteiger partial charge in [0.1, 0.15) is 11.4 Å². The molecule has 0 N–H and O–H groups in total. The molecule has 0 radical (unpaired) electrons. The molecular formula is C20H27FN2O4. The lowest BCUT2D eigenvalue weighted by molar-refractivity contribution is -0.0261. The first-order valence-corrected chi connectivity index (χ1v) is 9.44. The first-order chi connectivity index (χ1) is 12.7. The van der Waals surface area contributed by atoms with Crippen molar-refractivity contribution in [2.75, 3.05) is 7.11 Å². The van der Waals surface area contributed by atoms with Gasteiger partial charge in [0.2, 0.25) is 5.88 Å². The first-order valence-electron chi connectivity index (χ1n) is 9.44. The van der Waals surface area contributed by atoms with Crippen molar-refractivity contribution < 1.29 is 23.5 Å². The van der Waals surface area contributed by atoms with Crippen molar-refractivity contribution in [2.24, 2.45) is 5.92 Å². The van der Waals surface area contributed by atoms with Crippen LogP contribution in [0.4, 0.5) is 9.18 Å². The van der Waals surface area contributed by atoms with E-state index >= 15 is 0 Å². The Kier molecular flexibility index (Phi) is 5.40. The van der Waals surface area contributed by atoms with Crippen LogP contribution in [0.25, 0.3) is 0 Å². The van der Waals surface area contributed by atoms with Crippen molar-refractivity contribution in [1.82, 2.24) is 9.88 Å². The van der Waals surface area contributed by atoms with Crippen molar-refractivity contribution >= 4 is 11.9 Å². The Morgan fingerprint density at radius 2 is 1.85 bits per heavy atom. The quantitative estimate of drug-likeness (QED) is 0.744. The number of aromatic nitrogens is 1. The molecule has 148 valence electrons. The van der Waals surface area contributed by atoms with E-state index in [1.165, 1.54) is 13.2 Å². The molecule has 0 spiro atoms. The summed E-state index contributed by atoms with van der Waals surface area (Å²) >= 11 is 0. The van der Waals surface area contributed by atoms with Crippen LogP contribution >= 0.6 is 0 Å². The fourth-order valence-corrected chi connectivity index (χ4v) is 4.19. The van der Waals surface area contributed by atoms with E-state index in [2.05, 4.69) is 4.98 Å². The Hall–Kier alpha value is -2.18. The largest absolute Gasteiger partial charge is 0.480 e. The number of amides is 1. The van der Waals surface area contributed by atoms with Gasteiger partial charge in [0.15, 0.2) is 5.78 Å². The van der Waals surface area contributed by atoms with Crippen molar-refractivity contribution in [2.45, 2.75) is 70.6 Å². The molecule has 2 aliphatic heterocycles. The molecule has 6 nitrogen and oxygen atoms in total. The van der Waals surface area contributed by atoms with Crippen molar-refractivity contribution in [1.29, 1.82) is 0 Å². The first kappa shape index (κ1) is 19.6. The number of rotatable bonds is 3. The second kappa shape index (κ2) is 7.44. The summed E-state index contributed by atoms with van der Waals surface area (Å²) in [4.78, 5) is 31.4. The highest BCUT2D eigenvalue weighted by Crippen LogP contribution is 2.39. The number of methoxy groups -OCH3 is 1. The van der Waals surface area contributed by atoms with Crippen LogP contribution in [0.15, 0.2) is 12.3 Å². The van der Waals surface area contributed by atoms with Crippen molar-refractivity contribution in [3.63, 3.8) is 0 Å². The smallest absolute Gasteiger partial charge is 0.410 e. The van der Waals surface area contributed by atoms with E-state index < -0.39 is 11.4 Å². The van der Waals surface area contributed by atoms with Crippen LogP contribution in [0.1, 0.15) is 63.2 Å². The second-order valence-electron chi connectivity index (χ2n) is 8.37. The molecule has 3 rings (SSSR count). The number of ketones is 1. The van der Waals surface area contributed by atoms with Gasteiger partial charge < -0.3 is 14.4 Å². The molecular weight excluding hydrogens is 351 g/mol. The van der Waals surface area contributed by atoms with Crippen molar-refractivity contribution in [3.05, 3.63) is 23.6 Å². The summed E-state index contributed by atoms with van der Waals surface area (Å²) in [7, 11) is 1.41. The van der Waals surface area contributed by atoms with E-state index in [4.69, 9.17) is 9.47 Å². The number of halogens is 1. The number of piperidine rings is 2. The summed E-state index contributed by atoms with van der Waals surface area (Å²) in [5.41, 5.74) is -0.384. The molecule has 27 heavy (non-hydrogen) atoms. The van der Waals surface area contributed by atoms with Gasteiger partial charge in [-0.15, -0.1) is 0 Å². The van der Waals surface area contributed by atoms with Crippen LogP contribution in [0.5, 0.6) is 5.88 Å². The van der Waals surface area contributed by atoms with Gasteiger partial charge in [-0.25, -0.2) is 14.2 Å². The Morgan fingerprint density at radius 1 is 1.22 bits per heavy atom. The third-order valence-corrected chi connectivity index (χ3v) is 5.23. The van der Waals surface area contributed by atoms with Gasteiger partial charge in [-0.05, 0) is 58.9 Å². The van der Waals surface area contributed by atoms with Crippen LogP contribution in [0, 0.1) is 11.7 Å². The lowest BCUT2D eigenvalue weighted by Crippen LogP contribution is -2.56. The van der Waals surface area contributed by atoms with Crippen molar-refractivity contribution in [3.8, 4) is 5.88 Å². The van der Waals surface area contributed by atoms with Gasteiger partial charge >= 0.3 is 6.09 Å². The summed E-state index contributed by atoms with van der Waals surface area (Å²) in [6, 6.07) is 1.12. The predicted molar refractivity (Wildman–Crippen MR) is 97.3 cm³/mol. The van der Waals surface area contributed by atoms with E-state index in [1.807, 2.05) is 25.7 Å². The topological polar surface area (TPSA) is 68.7 Å². The minimum atomic E-state index is -0.564. The summed E-state index contributed by atoms with van der Waals surface area (Å²) < 4.78 is 24.3. The Morgan fingerprint density at radius 3 is 2.41 bits per heavy atom. The molecule has 1 aromatic heterocycles. The number of ether oxygens (including phenoxy) is 2. The number of pyridine rings is 1. The number of carbonyl (C=O) groups is 2. The SMILES string of the molecule is COc1ncc(F)cc1C(=O)C1CC2CCCC(C1)N2C(=O)OC(C)(C)C. The lowest BCUT2D eigenvalue weighted by Gasteiger charge is -2.48. The van der Waals surface area contributed by atoms with Crippen LogP contribution in [0.3, 0.4) is 0 Å². The van der Waals surface area contributed by atoms with E-state index in [0.29, 0.717) is 12.8 Å². The molecule has 0 aliphatic carbocycles. The van der Waals surface area contributed by atoms with E-state index in [9.17, 15) is 14.0 Å². The molecule has 7 heteroatoms. The Bertz CT molecular complexity index is 717. The molecule has 1 aromatic rings. The molecule has 3 heterocycles. The van der Waals surface area contributed by atoms with Gasteiger partial charge in [0.25, 0.3) is 0 Å². The monoisotopic (exact) mass is 378 g/mol. The molecule has 1 amide bonds. The maximum Gasteiger partial charge on any atom is 0.410 e. The molecule has 0 aromatic carbocycles. The molecule has 2 fully saturated rings. The molecule has 2 aliphatic rings. The number of carbonyl (C=O) groups excluding carboxylic acids is 2. The number of Topliss-reactive ketones (excluding diaryl/α,β-unsaturated/α-hetero) is 1. The normalized spacial score (nSPS) is 25.1. The maximum atomic E-state index is 13.6. The zero-order valence-corrected chi connectivity index (χ0v) is 16.3. The van der Waals surface area contributed by atoms with Gasteiger partial charge in [-0.2, -0.15) is 0 Å². The standard InChI is InChI=1S/C20H27FN2O4/c1-20(2,3)27-19(25)23-14-6-5-7-15(23)9-12(8-14)17(24)16-10-13(21)11-22-18(16)26-4/h10-12,14-15H,5-9H2,1-4H3. The van der Waals surface area contributed by atoms with E-state index in [-0.39, 0.29) is 41.3 Å². The van der Waals surface area contributed by atoms with Crippen LogP contribution in [-0.4, -0.2) is 46.6 Å².